The SMILES string of the molecule is CCCCN(C(=O)c1ccc(=O)n(Cc2cccc(F)c2)c1)c1ccccc1. The summed E-state index contributed by atoms with van der Waals surface area (Å²) in [5, 5.41) is 0. The molecule has 5 heteroatoms. The number of carbonyl (C=O) groups excluding carboxylic acids is 1. The minimum Gasteiger partial charge on any atom is -0.310 e. The Morgan fingerprint density at radius 1 is 1.04 bits per heavy atom. The number of nitrogens with zero attached hydrogens (tertiary/aromatic N) is 2. The number of hydrogen-bond donors (Lipinski definition) is 0. The highest BCUT2D eigenvalue weighted by Gasteiger charge is 2.18. The van der Waals surface area contributed by atoms with Gasteiger partial charge in [-0.05, 0) is 42.3 Å². The average molecular weight is 378 g/mol. The number of pyridine rings is 1. The molecular formula is C23H23FN2O2. The van der Waals surface area contributed by atoms with Crippen LogP contribution >= 0.6 is 0 Å². The zero-order valence-electron chi connectivity index (χ0n) is 15.8. The maximum atomic E-state index is 13.4. The van der Waals surface area contributed by atoms with E-state index in [4.69, 9.17) is 0 Å². The number of benzene rings is 2. The van der Waals surface area contributed by atoms with E-state index in [1.807, 2.05) is 30.3 Å². The van der Waals surface area contributed by atoms with Crippen LogP contribution in [0.4, 0.5) is 10.1 Å². The van der Waals surface area contributed by atoms with Crippen molar-refractivity contribution in [3.63, 3.8) is 0 Å². The van der Waals surface area contributed by atoms with Crippen LogP contribution in [0.3, 0.4) is 0 Å². The summed E-state index contributed by atoms with van der Waals surface area (Å²) in [6, 6.07) is 18.5. The van der Waals surface area contributed by atoms with E-state index in [0.29, 0.717) is 17.7 Å². The first-order chi connectivity index (χ1) is 13.6. The second-order valence-corrected chi connectivity index (χ2v) is 6.66. The number of amides is 1. The normalized spacial score (nSPS) is 10.6. The van der Waals surface area contributed by atoms with Gasteiger partial charge in [-0.1, -0.05) is 43.7 Å². The van der Waals surface area contributed by atoms with Crippen LogP contribution in [-0.2, 0) is 6.54 Å². The number of carbonyl (C=O) groups is 1. The molecule has 144 valence electrons. The predicted molar refractivity (Wildman–Crippen MR) is 109 cm³/mol. The van der Waals surface area contributed by atoms with Crippen LogP contribution in [0, 0.1) is 5.82 Å². The Hall–Kier alpha value is -3.21. The van der Waals surface area contributed by atoms with Crippen molar-refractivity contribution < 1.29 is 9.18 Å². The number of para-hydroxylation sites is 1. The molecular weight excluding hydrogens is 355 g/mol. The monoisotopic (exact) mass is 378 g/mol. The van der Waals surface area contributed by atoms with E-state index < -0.39 is 0 Å². The molecule has 0 saturated heterocycles. The molecule has 1 aromatic heterocycles. The molecule has 1 amide bonds. The summed E-state index contributed by atoms with van der Waals surface area (Å²) in [5.74, 6) is -0.514. The van der Waals surface area contributed by atoms with Gasteiger partial charge in [-0.25, -0.2) is 4.39 Å². The molecule has 0 fully saturated rings. The van der Waals surface area contributed by atoms with Crippen molar-refractivity contribution in [3.8, 4) is 0 Å². The topological polar surface area (TPSA) is 42.3 Å². The molecule has 28 heavy (non-hydrogen) atoms. The van der Waals surface area contributed by atoms with E-state index in [-0.39, 0.29) is 23.8 Å². The van der Waals surface area contributed by atoms with E-state index in [9.17, 15) is 14.0 Å². The molecule has 0 unspecified atom stereocenters. The van der Waals surface area contributed by atoms with Crippen LogP contribution in [0.1, 0.15) is 35.7 Å². The van der Waals surface area contributed by atoms with E-state index in [2.05, 4.69) is 6.92 Å². The van der Waals surface area contributed by atoms with Crippen LogP contribution in [0.25, 0.3) is 0 Å². The first-order valence-corrected chi connectivity index (χ1v) is 9.40. The van der Waals surface area contributed by atoms with Gasteiger partial charge in [-0.3, -0.25) is 9.59 Å². The minimum atomic E-state index is -0.354. The summed E-state index contributed by atoms with van der Waals surface area (Å²) in [5.41, 5.74) is 1.68. The molecule has 0 bridgehead atoms. The van der Waals surface area contributed by atoms with Gasteiger partial charge in [0.2, 0.25) is 0 Å². The minimum absolute atomic E-state index is 0.160. The number of rotatable bonds is 7. The zero-order valence-corrected chi connectivity index (χ0v) is 15.8. The van der Waals surface area contributed by atoms with Crippen LogP contribution in [0.2, 0.25) is 0 Å². The fourth-order valence-corrected chi connectivity index (χ4v) is 3.04. The number of unbranched alkanes of at least 4 members (excludes halogenated alkanes) is 1. The van der Waals surface area contributed by atoms with Crippen molar-refractivity contribution in [1.29, 1.82) is 0 Å². The van der Waals surface area contributed by atoms with E-state index in [1.165, 1.54) is 22.8 Å². The molecule has 0 spiro atoms. The highest BCUT2D eigenvalue weighted by atomic mass is 19.1. The highest BCUT2D eigenvalue weighted by Crippen LogP contribution is 2.17. The first-order valence-electron chi connectivity index (χ1n) is 9.40. The molecule has 0 atom stereocenters. The Balaban J connectivity index is 1.91. The Kier molecular flexibility index (Phi) is 6.37. The van der Waals surface area contributed by atoms with Crippen LogP contribution < -0.4 is 10.5 Å². The van der Waals surface area contributed by atoms with Gasteiger partial charge in [0.25, 0.3) is 11.5 Å². The third kappa shape index (κ3) is 4.74. The Morgan fingerprint density at radius 3 is 2.54 bits per heavy atom. The van der Waals surface area contributed by atoms with Gasteiger partial charge in [0.1, 0.15) is 5.82 Å². The lowest BCUT2D eigenvalue weighted by Gasteiger charge is -2.23. The summed E-state index contributed by atoms with van der Waals surface area (Å²) in [4.78, 5) is 27.1. The molecule has 3 rings (SSSR count). The Morgan fingerprint density at radius 2 is 1.82 bits per heavy atom. The molecule has 0 aliphatic heterocycles. The Labute approximate surface area is 163 Å². The van der Waals surface area contributed by atoms with Crippen molar-refractivity contribution in [2.75, 3.05) is 11.4 Å². The number of halogens is 1. The van der Waals surface area contributed by atoms with Gasteiger partial charge in [-0.2, -0.15) is 0 Å². The fraction of sp³-hybridized carbons (Fsp3) is 0.217. The van der Waals surface area contributed by atoms with Crippen LogP contribution in [0.15, 0.2) is 77.7 Å². The van der Waals surface area contributed by atoms with Gasteiger partial charge in [-0.15, -0.1) is 0 Å². The summed E-state index contributed by atoms with van der Waals surface area (Å²) in [6.45, 7) is 2.88. The first kappa shape index (κ1) is 19.5. The van der Waals surface area contributed by atoms with Crippen LogP contribution in [-0.4, -0.2) is 17.0 Å². The molecule has 0 N–H and O–H groups in total. The summed E-state index contributed by atoms with van der Waals surface area (Å²) >= 11 is 0. The van der Waals surface area contributed by atoms with Gasteiger partial charge in [0.05, 0.1) is 12.1 Å². The molecule has 4 nitrogen and oxygen atoms in total. The molecule has 0 radical (unpaired) electrons. The third-order valence-corrected chi connectivity index (χ3v) is 4.52. The second-order valence-electron chi connectivity index (χ2n) is 6.66. The summed E-state index contributed by atoms with van der Waals surface area (Å²) in [7, 11) is 0. The van der Waals surface area contributed by atoms with Gasteiger partial charge in [0.15, 0.2) is 0 Å². The largest absolute Gasteiger partial charge is 0.310 e. The molecule has 3 aromatic rings. The molecule has 0 aliphatic carbocycles. The number of aromatic nitrogens is 1. The number of anilines is 1. The van der Waals surface area contributed by atoms with Gasteiger partial charge < -0.3 is 9.47 Å². The third-order valence-electron chi connectivity index (χ3n) is 4.52. The van der Waals surface area contributed by atoms with Crippen molar-refractivity contribution in [3.05, 3.63) is 100 Å². The second kappa shape index (κ2) is 9.13. The van der Waals surface area contributed by atoms with Gasteiger partial charge >= 0.3 is 0 Å². The molecule has 2 aromatic carbocycles. The maximum Gasteiger partial charge on any atom is 0.259 e. The van der Waals surface area contributed by atoms with Gasteiger partial charge in [0, 0.05) is 24.5 Å². The van der Waals surface area contributed by atoms with E-state index in [0.717, 1.165) is 18.5 Å². The average Bonchev–Trinajstić information content (AvgIpc) is 2.70. The molecule has 0 saturated carbocycles. The quantitative estimate of drug-likeness (QED) is 0.608. The summed E-state index contributed by atoms with van der Waals surface area (Å²) < 4.78 is 14.9. The zero-order chi connectivity index (χ0) is 19.9. The smallest absolute Gasteiger partial charge is 0.259 e. The number of hydrogen-bond acceptors (Lipinski definition) is 2. The molecule has 0 aliphatic rings. The van der Waals surface area contributed by atoms with Crippen molar-refractivity contribution in [2.45, 2.75) is 26.3 Å². The van der Waals surface area contributed by atoms with E-state index in [1.54, 1.807) is 29.3 Å². The van der Waals surface area contributed by atoms with Crippen molar-refractivity contribution in [1.82, 2.24) is 4.57 Å². The lowest BCUT2D eigenvalue weighted by molar-refractivity contribution is 0.0985. The predicted octanol–water partition coefficient (Wildman–Crippen LogP) is 4.48. The highest BCUT2D eigenvalue weighted by molar-refractivity contribution is 6.05. The van der Waals surface area contributed by atoms with Crippen molar-refractivity contribution in [2.24, 2.45) is 0 Å². The summed E-state index contributed by atoms with van der Waals surface area (Å²) in [6.07, 6.45) is 3.40. The lowest BCUT2D eigenvalue weighted by atomic mass is 10.1. The Bertz CT molecular complexity index is 999. The maximum absolute atomic E-state index is 13.4. The standard InChI is InChI=1S/C23H23FN2O2/c1-2-3-14-26(21-10-5-4-6-11-21)23(28)19-12-13-22(27)25(17-19)16-18-8-7-9-20(24)15-18/h4-13,15,17H,2-3,14,16H2,1H3. The lowest BCUT2D eigenvalue weighted by Crippen LogP contribution is -2.33. The van der Waals surface area contributed by atoms with Crippen LogP contribution in [0.5, 0.6) is 0 Å². The molecule has 1 heterocycles. The fourth-order valence-electron chi connectivity index (χ4n) is 3.04. The van der Waals surface area contributed by atoms with E-state index >= 15 is 0 Å². The van der Waals surface area contributed by atoms with Crippen molar-refractivity contribution >= 4 is 11.6 Å².